The number of aromatic nitrogens is 1. The summed E-state index contributed by atoms with van der Waals surface area (Å²) in [5.74, 6) is -0.818. The van der Waals surface area contributed by atoms with E-state index < -0.39 is 5.97 Å². The second-order valence-corrected chi connectivity index (χ2v) is 7.86. The number of carboxylic acids is 1. The third-order valence-electron chi connectivity index (χ3n) is 5.44. The standard InChI is InChI=1S/C28H19NO4/c1-17-13-22-25(30)16-26(33-27(22)23(14-17)28(31)32)20-7-4-5-18(15-20)9-11-21-12-10-19-6-2-3-8-24(19)29-21/h2-16H,1H3,(H,31,32)/b11-9+. The lowest BCUT2D eigenvalue weighted by atomic mass is 10.0. The Bertz CT molecular complexity index is 1630. The average molecular weight is 433 g/mol. The molecule has 1 N–H and O–H groups in total. The zero-order chi connectivity index (χ0) is 22.9. The van der Waals surface area contributed by atoms with Gasteiger partial charge in [0, 0.05) is 17.0 Å². The summed E-state index contributed by atoms with van der Waals surface area (Å²) in [6.07, 6.45) is 3.86. The maximum absolute atomic E-state index is 12.7. The van der Waals surface area contributed by atoms with Crippen LogP contribution < -0.4 is 5.43 Å². The molecule has 0 amide bonds. The van der Waals surface area contributed by atoms with Crippen LogP contribution in [0.4, 0.5) is 0 Å². The minimum atomic E-state index is -1.14. The number of carboxylic acid groups (broad SMARTS) is 1. The minimum Gasteiger partial charge on any atom is -0.478 e. The Kier molecular flexibility index (Phi) is 5.07. The fourth-order valence-electron chi connectivity index (χ4n) is 3.86. The molecule has 0 unspecified atom stereocenters. The SMILES string of the molecule is Cc1cc(C(=O)O)c2oc(-c3cccc(/C=C/c4ccc5ccccc5n4)c3)cc(=O)c2c1. The molecule has 0 aliphatic heterocycles. The Morgan fingerprint density at radius 2 is 1.79 bits per heavy atom. The molecule has 0 saturated carbocycles. The summed E-state index contributed by atoms with van der Waals surface area (Å²) in [5.41, 5.74) is 3.80. The maximum Gasteiger partial charge on any atom is 0.339 e. The summed E-state index contributed by atoms with van der Waals surface area (Å²) in [7, 11) is 0. The first-order valence-electron chi connectivity index (χ1n) is 10.4. The predicted octanol–water partition coefficient (Wildman–Crippen LogP) is 6.19. The van der Waals surface area contributed by atoms with Gasteiger partial charge < -0.3 is 9.52 Å². The van der Waals surface area contributed by atoms with Crippen LogP contribution in [0.2, 0.25) is 0 Å². The molecular weight excluding hydrogens is 414 g/mol. The first-order valence-corrected chi connectivity index (χ1v) is 10.4. The van der Waals surface area contributed by atoms with Gasteiger partial charge in [-0.05, 0) is 54.5 Å². The molecule has 0 spiro atoms. The number of carbonyl (C=O) groups is 1. The number of fused-ring (bicyclic) bond motifs is 2. The Hall–Kier alpha value is -4.51. The van der Waals surface area contributed by atoms with Gasteiger partial charge in [-0.15, -0.1) is 0 Å². The maximum atomic E-state index is 12.7. The van der Waals surface area contributed by atoms with Gasteiger partial charge in [-0.2, -0.15) is 0 Å². The highest BCUT2D eigenvalue weighted by Crippen LogP contribution is 2.26. The van der Waals surface area contributed by atoms with Crippen molar-refractivity contribution in [1.29, 1.82) is 0 Å². The van der Waals surface area contributed by atoms with E-state index in [0.717, 1.165) is 22.2 Å². The number of hydrogen-bond donors (Lipinski definition) is 1. The molecule has 0 atom stereocenters. The summed E-state index contributed by atoms with van der Waals surface area (Å²) < 4.78 is 5.92. The number of para-hydroxylation sites is 1. The highest BCUT2D eigenvalue weighted by molar-refractivity contribution is 6.01. The average Bonchev–Trinajstić information content (AvgIpc) is 2.82. The van der Waals surface area contributed by atoms with Crippen LogP contribution >= 0.6 is 0 Å². The molecule has 2 heterocycles. The van der Waals surface area contributed by atoms with E-state index in [4.69, 9.17) is 4.42 Å². The van der Waals surface area contributed by atoms with E-state index in [1.165, 1.54) is 12.1 Å². The molecule has 3 aromatic carbocycles. The second kappa shape index (κ2) is 8.20. The highest BCUT2D eigenvalue weighted by atomic mass is 16.4. The number of pyridine rings is 1. The third-order valence-corrected chi connectivity index (χ3v) is 5.44. The smallest absolute Gasteiger partial charge is 0.339 e. The Balaban J connectivity index is 1.54. The quantitative estimate of drug-likeness (QED) is 0.366. The van der Waals surface area contributed by atoms with E-state index in [1.807, 2.05) is 72.8 Å². The van der Waals surface area contributed by atoms with Crippen LogP contribution in [0, 0.1) is 6.92 Å². The molecule has 33 heavy (non-hydrogen) atoms. The molecule has 0 saturated heterocycles. The number of hydrogen-bond acceptors (Lipinski definition) is 4. The Morgan fingerprint density at radius 3 is 2.64 bits per heavy atom. The van der Waals surface area contributed by atoms with Crippen molar-refractivity contribution in [2.75, 3.05) is 0 Å². The molecule has 0 aliphatic carbocycles. The van der Waals surface area contributed by atoms with E-state index in [1.54, 1.807) is 13.0 Å². The Labute approximate surface area is 189 Å². The lowest BCUT2D eigenvalue weighted by Crippen LogP contribution is -2.06. The van der Waals surface area contributed by atoms with Crippen molar-refractivity contribution in [3.63, 3.8) is 0 Å². The van der Waals surface area contributed by atoms with Gasteiger partial charge in [0.1, 0.15) is 11.3 Å². The van der Waals surface area contributed by atoms with Crippen LogP contribution in [0.1, 0.15) is 27.2 Å². The molecule has 2 aromatic heterocycles. The zero-order valence-electron chi connectivity index (χ0n) is 17.8. The molecule has 0 fully saturated rings. The van der Waals surface area contributed by atoms with Gasteiger partial charge in [0.15, 0.2) is 11.0 Å². The predicted molar refractivity (Wildman–Crippen MR) is 130 cm³/mol. The summed E-state index contributed by atoms with van der Waals surface area (Å²) in [4.78, 5) is 29.1. The molecule has 160 valence electrons. The lowest BCUT2D eigenvalue weighted by Gasteiger charge is -2.07. The molecule has 0 bridgehead atoms. The molecule has 5 rings (SSSR count). The van der Waals surface area contributed by atoms with E-state index in [-0.39, 0.29) is 22.0 Å². The first kappa shape index (κ1) is 20.4. The largest absolute Gasteiger partial charge is 0.478 e. The minimum absolute atomic E-state index is 0.0256. The molecule has 0 radical (unpaired) electrons. The molecule has 5 heteroatoms. The topological polar surface area (TPSA) is 80.4 Å². The van der Waals surface area contributed by atoms with Crippen LogP contribution in [0.25, 0.3) is 45.3 Å². The fourth-order valence-corrected chi connectivity index (χ4v) is 3.86. The van der Waals surface area contributed by atoms with Gasteiger partial charge in [-0.1, -0.05) is 48.5 Å². The Morgan fingerprint density at radius 1 is 0.939 bits per heavy atom. The molecule has 5 nitrogen and oxygen atoms in total. The van der Waals surface area contributed by atoms with Crippen molar-refractivity contribution in [2.24, 2.45) is 0 Å². The van der Waals surface area contributed by atoms with Crippen molar-refractivity contribution in [3.05, 3.63) is 111 Å². The molecule has 5 aromatic rings. The number of aryl methyl sites for hydroxylation is 1. The van der Waals surface area contributed by atoms with Crippen molar-refractivity contribution >= 4 is 40.0 Å². The highest BCUT2D eigenvalue weighted by Gasteiger charge is 2.16. The fraction of sp³-hybridized carbons (Fsp3) is 0.0357. The van der Waals surface area contributed by atoms with Gasteiger partial charge in [-0.3, -0.25) is 4.79 Å². The number of nitrogens with zero attached hydrogens (tertiary/aromatic N) is 1. The number of aromatic carboxylic acids is 1. The van der Waals surface area contributed by atoms with Gasteiger partial charge >= 0.3 is 5.97 Å². The van der Waals surface area contributed by atoms with Crippen LogP contribution in [-0.2, 0) is 0 Å². The van der Waals surface area contributed by atoms with Crippen molar-refractivity contribution in [1.82, 2.24) is 4.98 Å². The lowest BCUT2D eigenvalue weighted by molar-refractivity contribution is 0.0697. The van der Waals surface area contributed by atoms with Gasteiger partial charge in [-0.25, -0.2) is 9.78 Å². The van der Waals surface area contributed by atoms with Crippen molar-refractivity contribution in [3.8, 4) is 11.3 Å². The summed E-state index contributed by atoms with van der Waals surface area (Å²) >= 11 is 0. The van der Waals surface area contributed by atoms with Gasteiger partial charge in [0.05, 0.1) is 16.6 Å². The number of rotatable bonds is 4. The van der Waals surface area contributed by atoms with E-state index >= 15 is 0 Å². The van der Waals surface area contributed by atoms with E-state index in [2.05, 4.69) is 4.98 Å². The molecular formula is C28H19NO4. The van der Waals surface area contributed by atoms with Crippen LogP contribution in [0.15, 0.2) is 88.1 Å². The van der Waals surface area contributed by atoms with Crippen molar-refractivity contribution in [2.45, 2.75) is 6.92 Å². The first-order chi connectivity index (χ1) is 16.0. The van der Waals surface area contributed by atoms with E-state index in [9.17, 15) is 14.7 Å². The summed E-state index contributed by atoms with van der Waals surface area (Å²) in [6, 6.07) is 24.0. The second-order valence-electron chi connectivity index (χ2n) is 7.86. The monoisotopic (exact) mass is 433 g/mol. The van der Waals surface area contributed by atoms with Crippen LogP contribution in [-0.4, -0.2) is 16.1 Å². The van der Waals surface area contributed by atoms with Gasteiger partial charge in [0.25, 0.3) is 0 Å². The van der Waals surface area contributed by atoms with E-state index in [0.29, 0.717) is 16.9 Å². The third kappa shape index (κ3) is 4.04. The summed E-state index contributed by atoms with van der Waals surface area (Å²) in [5, 5.41) is 10.9. The normalized spacial score (nSPS) is 11.4. The van der Waals surface area contributed by atoms with Crippen molar-refractivity contribution < 1.29 is 14.3 Å². The zero-order valence-corrected chi connectivity index (χ0v) is 17.8. The molecule has 0 aliphatic rings. The van der Waals surface area contributed by atoms with Crippen LogP contribution in [0.3, 0.4) is 0 Å². The van der Waals surface area contributed by atoms with Crippen LogP contribution in [0.5, 0.6) is 0 Å². The number of benzene rings is 3. The van der Waals surface area contributed by atoms with Gasteiger partial charge in [0.2, 0.25) is 0 Å². The summed E-state index contributed by atoms with van der Waals surface area (Å²) in [6.45, 7) is 1.75.